The number of benzene rings is 1. The van der Waals surface area contributed by atoms with Crippen molar-refractivity contribution in [3.63, 3.8) is 0 Å². The Morgan fingerprint density at radius 2 is 2.16 bits per heavy atom. The van der Waals surface area contributed by atoms with Crippen molar-refractivity contribution in [1.29, 1.82) is 0 Å². The molecule has 6 heteroatoms. The van der Waals surface area contributed by atoms with E-state index in [9.17, 15) is 14.0 Å². The molecule has 19 heavy (non-hydrogen) atoms. The summed E-state index contributed by atoms with van der Waals surface area (Å²) in [4.78, 5) is 23.5. The van der Waals surface area contributed by atoms with E-state index in [-0.39, 0.29) is 28.3 Å². The Bertz CT molecular complexity index is 529. The van der Waals surface area contributed by atoms with E-state index in [1.807, 2.05) is 0 Å². The minimum absolute atomic E-state index is 0.00275. The summed E-state index contributed by atoms with van der Waals surface area (Å²) in [7, 11) is 1.22. The lowest BCUT2D eigenvalue weighted by Crippen LogP contribution is -2.18. The van der Waals surface area contributed by atoms with Gasteiger partial charge in [-0.2, -0.15) is 0 Å². The van der Waals surface area contributed by atoms with E-state index in [1.165, 1.54) is 19.2 Å². The molecule has 1 saturated carbocycles. The number of halogens is 2. The van der Waals surface area contributed by atoms with Crippen LogP contribution in [-0.4, -0.2) is 19.0 Å². The molecule has 0 spiro atoms. The maximum absolute atomic E-state index is 13.7. The lowest BCUT2D eigenvalue weighted by atomic mass is 10.1. The summed E-state index contributed by atoms with van der Waals surface area (Å²) >= 11 is 3.14. The zero-order valence-electron chi connectivity index (χ0n) is 10.3. The van der Waals surface area contributed by atoms with Crippen LogP contribution in [0.15, 0.2) is 12.1 Å². The van der Waals surface area contributed by atoms with Gasteiger partial charge in [0.25, 0.3) is 0 Å². The molecule has 0 radical (unpaired) electrons. The topological polar surface area (TPSA) is 55.4 Å². The van der Waals surface area contributed by atoms with Gasteiger partial charge in [-0.05, 0) is 25.0 Å². The van der Waals surface area contributed by atoms with Crippen LogP contribution in [0.1, 0.15) is 28.8 Å². The van der Waals surface area contributed by atoms with Gasteiger partial charge in [-0.3, -0.25) is 4.79 Å². The van der Waals surface area contributed by atoms with Crippen molar-refractivity contribution in [2.75, 3.05) is 12.4 Å². The average molecular weight is 330 g/mol. The van der Waals surface area contributed by atoms with E-state index in [2.05, 4.69) is 26.0 Å². The molecule has 1 N–H and O–H groups in total. The van der Waals surface area contributed by atoms with Crippen molar-refractivity contribution in [3.8, 4) is 0 Å². The first-order valence-electron chi connectivity index (χ1n) is 5.85. The quantitative estimate of drug-likeness (QED) is 0.682. The summed E-state index contributed by atoms with van der Waals surface area (Å²) in [6.45, 7) is 0. The largest absolute Gasteiger partial charge is 0.465 e. The summed E-state index contributed by atoms with van der Waals surface area (Å²) in [5.41, 5.74) is 0.536. The van der Waals surface area contributed by atoms with Gasteiger partial charge in [-0.15, -0.1) is 0 Å². The smallest absolute Gasteiger partial charge is 0.340 e. The zero-order chi connectivity index (χ0) is 14.0. The molecule has 1 aromatic carbocycles. The number of hydrogen-bond acceptors (Lipinski definition) is 3. The van der Waals surface area contributed by atoms with Gasteiger partial charge in [0.15, 0.2) is 0 Å². The van der Waals surface area contributed by atoms with Gasteiger partial charge >= 0.3 is 5.97 Å². The fraction of sp³-hybridized carbons (Fsp3) is 0.385. The molecule has 1 amide bonds. The predicted molar refractivity (Wildman–Crippen MR) is 71.7 cm³/mol. The second kappa shape index (κ2) is 5.69. The molecule has 0 unspecified atom stereocenters. The van der Waals surface area contributed by atoms with Crippen LogP contribution in [0.2, 0.25) is 0 Å². The number of methoxy groups -OCH3 is 1. The van der Waals surface area contributed by atoms with E-state index in [0.29, 0.717) is 5.69 Å². The second-order valence-electron chi connectivity index (χ2n) is 4.34. The Kier molecular flexibility index (Phi) is 4.19. The van der Waals surface area contributed by atoms with Crippen LogP contribution in [-0.2, 0) is 14.9 Å². The highest BCUT2D eigenvalue weighted by Crippen LogP contribution is 2.32. The first-order valence-corrected chi connectivity index (χ1v) is 6.97. The van der Waals surface area contributed by atoms with E-state index in [0.717, 1.165) is 12.8 Å². The monoisotopic (exact) mass is 329 g/mol. The van der Waals surface area contributed by atoms with Crippen LogP contribution in [0.5, 0.6) is 0 Å². The highest BCUT2D eigenvalue weighted by molar-refractivity contribution is 9.08. The Balaban J connectivity index is 2.40. The number of hydrogen-bond donors (Lipinski definition) is 1. The highest BCUT2D eigenvalue weighted by Gasteiger charge is 2.31. The van der Waals surface area contributed by atoms with Gasteiger partial charge in [0.05, 0.1) is 18.4 Å². The zero-order valence-corrected chi connectivity index (χ0v) is 11.9. The minimum Gasteiger partial charge on any atom is -0.465 e. The molecule has 102 valence electrons. The Hall–Kier alpha value is -1.43. The lowest BCUT2D eigenvalue weighted by molar-refractivity contribution is -0.117. The molecule has 1 aliphatic rings. The third kappa shape index (κ3) is 2.94. The number of nitrogens with one attached hydrogen (secondary N) is 1. The third-order valence-electron chi connectivity index (χ3n) is 2.98. The normalized spacial score (nSPS) is 14.1. The van der Waals surface area contributed by atoms with Gasteiger partial charge in [0, 0.05) is 16.8 Å². The SMILES string of the molecule is COC(=O)c1c(NC(=O)C2CC2)ccc(F)c1CBr. The molecule has 1 fully saturated rings. The molecule has 0 aromatic heterocycles. The van der Waals surface area contributed by atoms with Crippen molar-refractivity contribution in [3.05, 3.63) is 29.1 Å². The van der Waals surface area contributed by atoms with E-state index in [4.69, 9.17) is 0 Å². The van der Waals surface area contributed by atoms with Gasteiger partial charge in [0.1, 0.15) is 5.82 Å². The van der Waals surface area contributed by atoms with Gasteiger partial charge in [-0.25, -0.2) is 9.18 Å². The maximum Gasteiger partial charge on any atom is 0.340 e. The van der Waals surface area contributed by atoms with Crippen molar-refractivity contribution in [2.45, 2.75) is 18.2 Å². The molecule has 0 heterocycles. The number of anilines is 1. The molecular weight excluding hydrogens is 317 g/mol. The van der Waals surface area contributed by atoms with Crippen LogP contribution in [0.4, 0.5) is 10.1 Å². The van der Waals surface area contributed by atoms with Crippen LogP contribution < -0.4 is 5.32 Å². The van der Waals surface area contributed by atoms with Crippen molar-refractivity contribution >= 4 is 33.5 Å². The Labute approximate surface area is 118 Å². The van der Waals surface area contributed by atoms with Gasteiger partial charge in [-0.1, -0.05) is 15.9 Å². The average Bonchev–Trinajstić information content (AvgIpc) is 3.23. The van der Waals surface area contributed by atoms with Crippen LogP contribution in [0.3, 0.4) is 0 Å². The minimum atomic E-state index is -0.667. The van der Waals surface area contributed by atoms with Crippen molar-refractivity contribution in [1.82, 2.24) is 0 Å². The fourth-order valence-electron chi connectivity index (χ4n) is 1.77. The molecule has 0 atom stereocenters. The van der Waals surface area contributed by atoms with Crippen LogP contribution in [0.25, 0.3) is 0 Å². The van der Waals surface area contributed by atoms with Crippen molar-refractivity contribution < 1.29 is 18.7 Å². The standard InChI is InChI=1S/C13H13BrFNO3/c1-19-13(18)11-8(6-14)9(15)4-5-10(11)16-12(17)7-2-3-7/h4-5,7H,2-3,6H2,1H3,(H,16,17). The predicted octanol–water partition coefficient (Wildman–Crippen LogP) is 2.86. The number of carbonyl (C=O) groups is 2. The Morgan fingerprint density at radius 1 is 1.47 bits per heavy atom. The molecule has 1 aromatic rings. The van der Waals surface area contributed by atoms with E-state index < -0.39 is 11.8 Å². The molecule has 0 bridgehead atoms. The Morgan fingerprint density at radius 3 is 2.68 bits per heavy atom. The van der Waals surface area contributed by atoms with Crippen molar-refractivity contribution in [2.24, 2.45) is 5.92 Å². The number of alkyl halides is 1. The van der Waals surface area contributed by atoms with Crippen LogP contribution >= 0.6 is 15.9 Å². The highest BCUT2D eigenvalue weighted by atomic mass is 79.9. The molecule has 2 rings (SSSR count). The summed E-state index contributed by atoms with van der Waals surface area (Å²) in [6.07, 6.45) is 1.71. The molecule has 1 aliphatic carbocycles. The molecule has 0 saturated heterocycles. The first-order chi connectivity index (χ1) is 9.08. The number of carbonyl (C=O) groups excluding carboxylic acids is 2. The first kappa shape index (κ1) is 14.0. The van der Waals surface area contributed by atoms with E-state index >= 15 is 0 Å². The summed E-state index contributed by atoms with van der Waals surface area (Å²) < 4.78 is 18.3. The second-order valence-corrected chi connectivity index (χ2v) is 4.90. The van der Waals surface area contributed by atoms with Gasteiger partial charge in [0.2, 0.25) is 5.91 Å². The number of esters is 1. The number of rotatable bonds is 4. The molecular formula is C13H13BrFNO3. The summed E-state index contributed by atoms with van der Waals surface area (Å²) in [6, 6.07) is 2.61. The molecule has 4 nitrogen and oxygen atoms in total. The number of amides is 1. The maximum atomic E-state index is 13.7. The van der Waals surface area contributed by atoms with Gasteiger partial charge < -0.3 is 10.1 Å². The third-order valence-corrected chi connectivity index (χ3v) is 3.55. The van der Waals surface area contributed by atoms with Crippen LogP contribution in [0, 0.1) is 11.7 Å². The fourth-order valence-corrected chi connectivity index (χ4v) is 2.32. The lowest BCUT2D eigenvalue weighted by Gasteiger charge is -2.13. The molecule has 0 aliphatic heterocycles. The van der Waals surface area contributed by atoms with E-state index in [1.54, 1.807) is 0 Å². The number of ether oxygens (including phenoxy) is 1. The summed E-state index contributed by atoms with van der Waals surface area (Å²) in [5.74, 6) is -1.32. The summed E-state index contributed by atoms with van der Waals surface area (Å²) in [5, 5.41) is 2.83.